The van der Waals surface area contributed by atoms with E-state index in [9.17, 15) is 13.2 Å². The molecule has 0 aromatic heterocycles. The third-order valence-corrected chi connectivity index (χ3v) is 4.24. The molecule has 1 aliphatic rings. The zero-order valence-electron chi connectivity index (χ0n) is 9.36. The van der Waals surface area contributed by atoms with Crippen LogP contribution in [0, 0.1) is 0 Å². The lowest BCUT2D eigenvalue weighted by atomic mass is 10.2. The molecule has 1 heterocycles. The summed E-state index contributed by atoms with van der Waals surface area (Å²) in [4.78, 5) is 13.1. The van der Waals surface area contributed by atoms with Crippen LogP contribution < -0.4 is 5.32 Å². The molecule has 2 amide bonds. The van der Waals surface area contributed by atoms with Crippen molar-refractivity contribution in [1.29, 1.82) is 0 Å². The second kappa shape index (κ2) is 4.38. The molecule has 1 fully saturated rings. The second-order valence-electron chi connectivity index (χ2n) is 4.27. The van der Waals surface area contributed by atoms with Gasteiger partial charge in [-0.25, -0.2) is 13.2 Å². The number of sulfone groups is 1. The molecular weight excluding hydrogens is 216 g/mol. The van der Waals surface area contributed by atoms with Crippen LogP contribution >= 0.6 is 0 Å². The normalized spacial score (nSPS) is 24.1. The van der Waals surface area contributed by atoms with Crippen LogP contribution in [0.2, 0.25) is 0 Å². The van der Waals surface area contributed by atoms with Gasteiger partial charge in [-0.2, -0.15) is 0 Å². The van der Waals surface area contributed by atoms with Crippen molar-refractivity contribution in [1.82, 2.24) is 10.2 Å². The fourth-order valence-electron chi connectivity index (χ4n) is 1.60. The first-order chi connectivity index (χ1) is 6.82. The van der Waals surface area contributed by atoms with Crippen molar-refractivity contribution in [2.75, 3.05) is 18.6 Å². The van der Waals surface area contributed by atoms with Crippen LogP contribution in [0.25, 0.3) is 0 Å². The predicted molar refractivity (Wildman–Crippen MR) is 58.5 cm³/mol. The lowest BCUT2D eigenvalue weighted by Crippen LogP contribution is -2.46. The Hall–Kier alpha value is -0.780. The minimum Gasteiger partial charge on any atom is -0.336 e. The van der Waals surface area contributed by atoms with Gasteiger partial charge in [-0.15, -0.1) is 0 Å². The first-order valence-corrected chi connectivity index (χ1v) is 6.88. The summed E-state index contributed by atoms with van der Waals surface area (Å²) >= 11 is 0. The summed E-state index contributed by atoms with van der Waals surface area (Å²) in [5.74, 6) is 0.284. The zero-order chi connectivity index (χ0) is 11.6. The molecule has 1 saturated heterocycles. The maximum Gasteiger partial charge on any atom is 0.317 e. The number of nitrogens with one attached hydrogen (secondary N) is 1. The Bertz CT molecular complexity index is 337. The standard InChI is InChI=1S/C9H18N2O3S/c1-7(2)10-9(12)11(3)8-4-5-15(13,14)6-8/h7-8H,4-6H2,1-3H3,(H,10,12). The molecule has 88 valence electrons. The molecule has 0 bridgehead atoms. The fourth-order valence-corrected chi connectivity index (χ4v) is 3.37. The zero-order valence-corrected chi connectivity index (χ0v) is 10.2. The summed E-state index contributed by atoms with van der Waals surface area (Å²) in [6.45, 7) is 3.74. The Morgan fingerprint density at radius 3 is 2.47 bits per heavy atom. The lowest BCUT2D eigenvalue weighted by Gasteiger charge is -2.24. The molecular formula is C9H18N2O3S. The molecule has 0 aromatic carbocycles. The largest absolute Gasteiger partial charge is 0.336 e. The second-order valence-corrected chi connectivity index (χ2v) is 6.50. The molecule has 1 N–H and O–H groups in total. The molecule has 15 heavy (non-hydrogen) atoms. The van der Waals surface area contributed by atoms with Crippen molar-refractivity contribution in [3.8, 4) is 0 Å². The molecule has 6 heteroatoms. The predicted octanol–water partition coefficient (Wildman–Crippen LogP) is 0.223. The third-order valence-electron chi connectivity index (χ3n) is 2.49. The molecule has 1 aliphatic heterocycles. The highest BCUT2D eigenvalue weighted by Crippen LogP contribution is 2.16. The van der Waals surface area contributed by atoms with Crippen molar-refractivity contribution >= 4 is 15.9 Å². The third kappa shape index (κ3) is 3.37. The van der Waals surface area contributed by atoms with Crippen molar-refractivity contribution in [2.24, 2.45) is 0 Å². The maximum atomic E-state index is 11.6. The van der Waals surface area contributed by atoms with Gasteiger partial charge in [0.2, 0.25) is 0 Å². The summed E-state index contributed by atoms with van der Waals surface area (Å²) < 4.78 is 22.5. The van der Waals surface area contributed by atoms with Crippen LogP contribution in [-0.4, -0.2) is 50.0 Å². The van der Waals surface area contributed by atoms with Crippen LogP contribution in [0.5, 0.6) is 0 Å². The van der Waals surface area contributed by atoms with Gasteiger partial charge in [0.25, 0.3) is 0 Å². The Morgan fingerprint density at radius 2 is 2.07 bits per heavy atom. The first kappa shape index (κ1) is 12.3. The fraction of sp³-hybridized carbons (Fsp3) is 0.889. The average molecular weight is 234 g/mol. The number of rotatable bonds is 2. The van der Waals surface area contributed by atoms with E-state index in [0.29, 0.717) is 6.42 Å². The average Bonchev–Trinajstić information content (AvgIpc) is 2.43. The van der Waals surface area contributed by atoms with Crippen LogP contribution in [0.15, 0.2) is 0 Å². The summed E-state index contributed by atoms with van der Waals surface area (Å²) in [6, 6.07) is -0.307. The number of carbonyl (C=O) groups is 1. The molecule has 5 nitrogen and oxygen atoms in total. The summed E-state index contributed by atoms with van der Waals surface area (Å²) in [7, 11) is -1.28. The minimum absolute atomic E-state index is 0.0676. The van der Waals surface area contributed by atoms with Crippen LogP contribution in [0.4, 0.5) is 4.79 Å². The highest BCUT2D eigenvalue weighted by molar-refractivity contribution is 7.91. The summed E-state index contributed by atoms with van der Waals surface area (Å²) in [5.41, 5.74) is 0. The molecule has 1 atom stereocenters. The van der Waals surface area contributed by atoms with E-state index < -0.39 is 9.84 Å². The van der Waals surface area contributed by atoms with Crippen LogP contribution in [0.3, 0.4) is 0 Å². The lowest BCUT2D eigenvalue weighted by molar-refractivity contribution is 0.192. The van der Waals surface area contributed by atoms with Crippen molar-refractivity contribution < 1.29 is 13.2 Å². The van der Waals surface area contributed by atoms with E-state index in [4.69, 9.17) is 0 Å². The molecule has 0 spiro atoms. The topological polar surface area (TPSA) is 66.5 Å². The summed E-state index contributed by atoms with van der Waals surface area (Å²) in [5, 5.41) is 2.74. The van der Waals surface area contributed by atoms with E-state index in [1.807, 2.05) is 13.8 Å². The molecule has 0 aliphatic carbocycles. The smallest absolute Gasteiger partial charge is 0.317 e. The van der Waals surface area contributed by atoms with Crippen LogP contribution in [-0.2, 0) is 9.84 Å². The van der Waals surface area contributed by atoms with E-state index in [2.05, 4.69) is 5.32 Å². The van der Waals surface area contributed by atoms with E-state index in [0.717, 1.165) is 0 Å². The number of carbonyl (C=O) groups excluding carboxylic acids is 1. The molecule has 1 unspecified atom stereocenters. The van der Waals surface area contributed by atoms with E-state index in [-0.39, 0.29) is 29.6 Å². The number of hydrogen-bond donors (Lipinski definition) is 1. The van der Waals surface area contributed by atoms with Crippen molar-refractivity contribution in [2.45, 2.75) is 32.4 Å². The molecule has 0 radical (unpaired) electrons. The number of urea groups is 1. The summed E-state index contributed by atoms with van der Waals surface area (Å²) in [6.07, 6.45) is 0.546. The Balaban J connectivity index is 2.55. The van der Waals surface area contributed by atoms with E-state index in [1.54, 1.807) is 7.05 Å². The Kier molecular flexibility index (Phi) is 3.59. The van der Waals surface area contributed by atoms with Crippen molar-refractivity contribution in [3.63, 3.8) is 0 Å². The van der Waals surface area contributed by atoms with Gasteiger partial charge in [-0.1, -0.05) is 0 Å². The number of nitrogens with zero attached hydrogens (tertiary/aromatic N) is 1. The maximum absolute atomic E-state index is 11.6. The van der Waals surface area contributed by atoms with Gasteiger partial charge in [0.15, 0.2) is 9.84 Å². The van der Waals surface area contributed by atoms with E-state index >= 15 is 0 Å². The highest BCUT2D eigenvalue weighted by atomic mass is 32.2. The quantitative estimate of drug-likeness (QED) is 0.743. The monoisotopic (exact) mass is 234 g/mol. The van der Waals surface area contributed by atoms with Crippen LogP contribution in [0.1, 0.15) is 20.3 Å². The van der Waals surface area contributed by atoms with Gasteiger partial charge in [0.05, 0.1) is 11.5 Å². The first-order valence-electron chi connectivity index (χ1n) is 5.05. The number of amides is 2. The van der Waals surface area contributed by atoms with Gasteiger partial charge < -0.3 is 10.2 Å². The Morgan fingerprint density at radius 1 is 1.47 bits per heavy atom. The SMILES string of the molecule is CC(C)NC(=O)N(C)C1CCS(=O)(=O)C1. The van der Waals surface area contributed by atoms with Gasteiger partial charge in [0.1, 0.15) is 0 Å². The van der Waals surface area contributed by atoms with Gasteiger partial charge in [0, 0.05) is 19.1 Å². The molecule has 0 aromatic rings. The van der Waals surface area contributed by atoms with Crippen molar-refractivity contribution in [3.05, 3.63) is 0 Å². The van der Waals surface area contributed by atoms with E-state index in [1.165, 1.54) is 4.90 Å². The van der Waals surface area contributed by atoms with Gasteiger partial charge in [-0.05, 0) is 20.3 Å². The minimum atomic E-state index is -2.92. The van der Waals surface area contributed by atoms with Gasteiger partial charge >= 0.3 is 6.03 Å². The molecule has 0 saturated carbocycles. The molecule has 1 rings (SSSR count). The Labute approximate surface area is 90.7 Å². The van der Waals surface area contributed by atoms with Gasteiger partial charge in [-0.3, -0.25) is 0 Å². The highest BCUT2D eigenvalue weighted by Gasteiger charge is 2.32. The number of hydrogen-bond acceptors (Lipinski definition) is 3.